The zero-order valence-electron chi connectivity index (χ0n) is 9.79. The van der Waals surface area contributed by atoms with E-state index < -0.39 is 0 Å². The number of rotatable bonds is 3. The van der Waals surface area contributed by atoms with Crippen molar-refractivity contribution in [3.8, 4) is 11.8 Å². The number of hydrogen-bond donors (Lipinski definition) is 1. The molecule has 3 nitrogen and oxygen atoms in total. The molecule has 0 saturated carbocycles. The normalized spacial score (nSPS) is 8.20. The molecule has 0 aliphatic rings. The summed E-state index contributed by atoms with van der Waals surface area (Å²) in [6.07, 6.45) is 0. The Morgan fingerprint density at radius 3 is 2.53 bits per heavy atom. The minimum absolute atomic E-state index is 0.612. The molecule has 0 aromatic heterocycles. The number of anilines is 1. The molecule has 82 valence electrons. The third-order valence-corrected chi connectivity index (χ3v) is 1.71. The summed E-state index contributed by atoms with van der Waals surface area (Å²) in [6.45, 7) is 6.80. The van der Waals surface area contributed by atoms with Gasteiger partial charge in [-0.05, 0) is 25.1 Å². The molecule has 0 radical (unpaired) electrons. The highest BCUT2D eigenvalue weighted by Crippen LogP contribution is 2.20. The molecule has 1 aromatic rings. The van der Waals surface area contributed by atoms with Crippen LogP contribution in [0.3, 0.4) is 0 Å². The van der Waals surface area contributed by atoms with Gasteiger partial charge in [-0.3, -0.25) is 0 Å². The van der Waals surface area contributed by atoms with Crippen LogP contribution in [0.5, 0.6) is 5.75 Å². The first-order valence-corrected chi connectivity index (χ1v) is 5.13. The summed E-state index contributed by atoms with van der Waals surface area (Å²) in [7, 11) is 1.59. The van der Waals surface area contributed by atoms with Gasteiger partial charge in [0, 0.05) is 6.54 Å². The van der Waals surface area contributed by atoms with E-state index in [2.05, 4.69) is 11.4 Å². The zero-order valence-corrected chi connectivity index (χ0v) is 9.79. The van der Waals surface area contributed by atoms with Gasteiger partial charge in [0.15, 0.2) is 0 Å². The van der Waals surface area contributed by atoms with Crippen LogP contribution in [-0.2, 0) is 0 Å². The molecule has 0 aliphatic heterocycles. The predicted molar refractivity (Wildman–Crippen MR) is 63.2 cm³/mol. The number of hydrogen-bond acceptors (Lipinski definition) is 3. The van der Waals surface area contributed by atoms with E-state index in [-0.39, 0.29) is 0 Å². The summed E-state index contributed by atoms with van der Waals surface area (Å²) in [4.78, 5) is 0. The van der Waals surface area contributed by atoms with E-state index in [0.29, 0.717) is 11.3 Å². The maximum absolute atomic E-state index is 8.82. The van der Waals surface area contributed by atoms with E-state index in [0.717, 1.165) is 12.2 Å². The predicted octanol–water partition coefficient (Wildman–Crippen LogP) is 3.02. The van der Waals surface area contributed by atoms with Crippen LogP contribution >= 0.6 is 0 Å². The van der Waals surface area contributed by atoms with E-state index in [1.807, 2.05) is 32.9 Å². The smallest absolute Gasteiger partial charge is 0.120 e. The first-order valence-electron chi connectivity index (χ1n) is 5.13. The van der Waals surface area contributed by atoms with Gasteiger partial charge in [0.2, 0.25) is 0 Å². The summed E-state index contributed by atoms with van der Waals surface area (Å²) in [5.41, 5.74) is 1.46. The number of methoxy groups -OCH3 is 1. The summed E-state index contributed by atoms with van der Waals surface area (Å²) in [5.74, 6) is 0.707. The molecule has 0 spiro atoms. The van der Waals surface area contributed by atoms with Crippen molar-refractivity contribution in [3.05, 3.63) is 23.8 Å². The first-order chi connectivity index (χ1) is 7.31. The molecule has 1 N–H and O–H groups in total. The van der Waals surface area contributed by atoms with Crippen LogP contribution in [0.1, 0.15) is 26.3 Å². The SMILES string of the molecule is CC.CCNc1ccc(OC)cc1C#N. The fraction of sp³-hybridized carbons (Fsp3) is 0.417. The Balaban J connectivity index is 0.000000921. The van der Waals surface area contributed by atoms with Gasteiger partial charge >= 0.3 is 0 Å². The van der Waals surface area contributed by atoms with Crippen LogP contribution in [0, 0.1) is 11.3 Å². The molecule has 0 aliphatic carbocycles. The fourth-order valence-electron chi connectivity index (χ4n) is 1.09. The fourth-order valence-corrected chi connectivity index (χ4v) is 1.09. The zero-order chi connectivity index (χ0) is 11.7. The van der Waals surface area contributed by atoms with Gasteiger partial charge in [-0.15, -0.1) is 0 Å². The van der Waals surface area contributed by atoms with Gasteiger partial charge in [-0.25, -0.2) is 0 Å². The van der Waals surface area contributed by atoms with E-state index in [1.165, 1.54) is 0 Å². The lowest BCUT2D eigenvalue weighted by Gasteiger charge is -2.06. The Labute approximate surface area is 91.7 Å². The molecule has 0 atom stereocenters. The van der Waals surface area contributed by atoms with Crippen LogP contribution in [0.4, 0.5) is 5.69 Å². The monoisotopic (exact) mass is 206 g/mol. The molecular formula is C12H18N2O. The number of benzene rings is 1. The second-order valence-electron chi connectivity index (χ2n) is 2.55. The van der Waals surface area contributed by atoms with Crippen molar-refractivity contribution in [2.45, 2.75) is 20.8 Å². The van der Waals surface area contributed by atoms with Crippen molar-refractivity contribution >= 4 is 5.69 Å². The number of nitrogens with one attached hydrogen (secondary N) is 1. The van der Waals surface area contributed by atoms with Crippen LogP contribution in [0.15, 0.2) is 18.2 Å². The van der Waals surface area contributed by atoms with Gasteiger partial charge in [-0.2, -0.15) is 5.26 Å². The Kier molecular flexibility index (Phi) is 6.82. The van der Waals surface area contributed by atoms with Crippen molar-refractivity contribution in [1.29, 1.82) is 5.26 Å². The molecule has 0 amide bonds. The molecule has 0 unspecified atom stereocenters. The standard InChI is InChI=1S/C10H12N2O.C2H6/c1-3-12-10-5-4-9(13-2)6-8(10)7-11;1-2/h4-6,12H,3H2,1-2H3;1-2H3. The van der Waals surface area contributed by atoms with Crippen molar-refractivity contribution in [1.82, 2.24) is 0 Å². The number of nitriles is 1. The maximum Gasteiger partial charge on any atom is 0.120 e. The highest BCUT2D eigenvalue weighted by atomic mass is 16.5. The van der Waals surface area contributed by atoms with Gasteiger partial charge in [0.1, 0.15) is 11.8 Å². The highest BCUT2D eigenvalue weighted by Gasteiger charge is 2.01. The molecule has 0 saturated heterocycles. The van der Waals surface area contributed by atoms with Gasteiger partial charge in [0.25, 0.3) is 0 Å². The summed E-state index contributed by atoms with van der Waals surface area (Å²) >= 11 is 0. The third-order valence-electron chi connectivity index (χ3n) is 1.71. The molecule has 0 bridgehead atoms. The van der Waals surface area contributed by atoms with Crippen molar-refractivity contribution in [3.63, 3.8) is 0 Å². The molecule has 1 aromatic carbocycles. The number of nitrogens with zero attached hydrogens (tertiary/aromatic N) is 1. The van der Waals surface area contributed by atoms with Gasteiger partial charge in [0.05, 0.1) is 18.4 Å². The second kappa shape index (κ2) is 7.69. The quantitative estimate of drug-likeness (QED) is 0.826. The topological polar surface area (TPSA) is 45.0 Å². The highest BCUT2D eigenvalue weighted by molar-refractivity contribution is 5.59. The van der Waals surface area contributed by atoms with Gasteiger partial charge < -0.3 is 10.1 Å². The molecular weight excluding hydrogens is 188 g/mol. The lowest BCUT2D eigenvalue weighted by atomic mass is 10.2. The minimum atomic E-state index is 0.612. The average Bonchev–Trinajstić information content (AvgIpc) is 2.32. The van der Waals surface area contributed by atoms with Crippen LogP contribution in [-0.4, -0.2) is 13.7 Å². The second-order valence-corrected chi connectivity index (χ2v) is 2.55. The van der Waals surface area contributed by atoms with E-state index in [4.69, 9.17) is 10.00 Å². The summed E-state index contributed by atoms with van der Waals surface area (Å²) in [5, 5.41) is 11.9. The van der Waals surface area contributed by atoms with Crippen molar-refractivity contribution in [2.24, 2.45) is 0 Å². The molecule has 0 heterocycles. The summed E-state index contributed by atoms with van der Waals surface area (Å²) in [6, 6.07) is 7.51. The molecule has 0 fully saturated rings. The molecule has 3 heteroatoms. The minimum Gasteiger partial charge on any atom is -0.497 e. The lowest BCUT2D eigenvalue weighted by Crippen LogP contribution is -1.99. The van der Waals surface area contributed by atoms with Gasteiger partial charge in [-0.1, -0.05) is 13.8 Å². The number of ether oxygens (including phenoxy) is 1. The largest absolute Gasteiger partial charge is 0.497 e. The van der Waals surface area contributed by atoms with E-state index in [9.17, 15) is 0 Å². The van der Waals surface area contributed by atoms with Crippen LogP contribution in [0.2, 0.25) is 0 Å². The Morgan fingerprint density at radius 2 is 2.07 bits per heavy atom. The van der Waals surface area contributed by atoms with Crippen molar-refractivity contribution in [2.75, 3.05) is 19.0 Å². The Hall–Kier alpha value is -1.69. The van der Waals surface area contributed by atoms with Crippen molar-refractivity contribution < 1.29 is 4.74 Å². The Morgan fingerprint density at radius 1 is 1.40 bits per heavy atom. The van der Waals surface area contributed by atoms with E-state index in [1.54, 1.807) is 13.2 Å². The summed E-state index contributed by atoms with van der Waals surface area (Å²) < 4.78 is 5.01. The first kappa shape index (κ1) is 13.3. The van der Waals surface area contributed by atoms with Crippen LogP contribution < -0.4 is 10.1 Å². The average molecular weight is 206 g/mol. The van der Waals surface area contributed by atoms with E-state index >= 15 is 0 Å². The lowest BCUT2D eigenvalue weighted by molar-refractivity contribution is 0.414. The Bertz CT molecular complexity index is 329. The molecule has 1 rings (SSSR count). The third kappa shape index (κ3) is 3.90. The van der Waals surface area contributed by atoms with Crippen LogP contribution in [0.25, 0.3) is 0 Å². The molecule has 15 heavy (non-hydrogen) atoms. The maximum atomic E-state index is 8.82.